The summed E-state index contributed by atoms with van der Waals surface area (Å²) in [7, 11) is 2.03. The third-order valence-corrected chi connectivity index (χ3v) is 3.07. The molecule has 0 spiro atoms. The lowest BCUT2D eigenvalue weighted by molar-refractivity contribution is 0.265. The van der Waals surface area contributed by atoms with Crippen LogP contribution in [0.1, 0.15) is 25.8 Å². The Labute approximate surface area is 99.7 Å². The van der Waals surface area contributed by atoms with Gasteiger partial charge >= 0.3 is 0 Å². The minimum Gasteiger partial charge on any atom is -0.317 e. The summed E-state index contributed by atoms with van der Waals surface area (Å²) in [6.45, 7) is 7.80. The Kier molecular flexibility index (Phi) is 6.12. The normalized spacial score (nSPS) is 13.0. The minimum absolute atomic E-state index is 0.602. The molecule has 1 rings (SSSR count). The molecule has 1 unspecified atom stereocenters. The molecule has 0 aliphatic carbocycles. The highest BCUT2D eigenvalue weighted by atomic mass is 15.1. The van der Waals surface area contributed by atoms with E-state index in [4.69, 9.17) is 0 Å². The summed E-state index contributed by atoms with van der Waals surface area (Å²) >= 11 is 0. The van der Waals surface area contributed by atoms with Crippen LogP contribution < -0.4 is 5.32 Å². The van der Waals surface area contributed by atoms with E-state index in [-0.39, 0.29) is 0 Å². The molecule has 90 valence electrons. The molecule has 0 heterocycles. The maximum absolute atomic E-state index is 3.28. The van der Waals surface area contributed by atoms with Gasteiger partial charge in [0.15, 0.2) is 0 Å². The molecule has 0 aliphatic rings. The van der Waals surface area contributed by atoms with Gasteiger partial charge in [0, 0.05) is 12.6 Å². The largest absolute Gasteiger partial charge is 0.317 e. The molecule has 0 radical (unpaired) electrons. The molecule has 1 aromatic carbocycles. The standard InChI is InChI=1S/C14H24N2/c1-4-16(11-10-13(2)15-3)12-14-8-6-5-7-9-14/h5-9,13,15H,4,10-12H2,1-3H3. The summed E-state index contributed by atoms with van der Waals surface area (Å²) < 4.78 is 0. The van der Waals surface area contributed by atoms with E-state index in [1.165, 1.54) is 12.0 Å². The van der Waals surface area contributed by atoms with Crippen LogP contribution in [0.2, 0.25) is 0 Å². The fourth-order valence-electron chi connectivity index (χ4n) is 1.71. The Hall–Kier alpha value is -0.860. The van der Waals surface area contributed by atoms with Crippen LogP contribution in [-0.2, 0) is 6.54 Å². The highest BCUT2D eigenvalue weighted by Gasteiger charge is 2.05. The lowest BCUT2D eigenvalue weighted by atomic mass is 10.2. The highest BCUT2D eigenvalue weighted by molar-refractivity contribution is 5.14. The Bertz CT molecular complexity index is 271. The van der Waals surface area contributed by atoms with Gasteiger partial charge in [0.25, 0.3) is 0 Å². The van der Waals surface area contributed by atoms with Gasteiger partial charge in [0.05, 0.1) is 0 Å². The van der Waals surface area contributed by atoms with Crippen LogP contribution in [0.15, 0.2) is 30.3 Å². The number of benzene rings is 1. The lowest BCUT2D eigenvalue weighted by Gasteiger charge is -2.22. The summed E-state index contributed by atoms with van der Waals surface area (Å²) in [5, 5.41) is 3.28. The van der Waals surface area contributed by atoms with Gasteiger partial charge in [0.2, 0.25) is 0 Å². The molecule has 0 amide bonds. The quantitative estimate of drug-likeness (QED) is 0.759. The van der Waals surface area contributed by atoms with E-state index in [1.54, 1.807) is 0 Å². The second-order valence-electron chi connectivity index (χ2n) is 4.33. The Balaban J connectivity index is 2.37. The van der Waals surface area contributed by atoms with Crippen LogP contribution in [0.4, 0.5) is 0 Å². The number of nitrogens with zero attached hydrogens (tertiary/aromatic N) is 1. The average Bonchev–Trinajstić information content (AvgIpc) is 2.35. The van der Waals surface area contributed by atoms with E-state index in [0.717, 1.165) is 19.6 Å². The molecule has 2 nitrogen and oxygen atoms in total. The molecule has 0 saturated carbocycles. The Morgan fingerprint density at radius 2 is 1.94 bits per heavy atom. The van der Waals surface area contributed by atoms with Crippen LogP contribution in [0.3, 0.4) is 0 Å². The SMILES string of the molecule is CCN(CCC(C)NC)Cc1ccccc1. The number of hydrogen-bond donors (Lipinski definition) is 1. The van der Waals surface area contributed by atoms with Crippen molar-refractivity contribution < 1.29 is 0 Å². The predicted octanol–water partition coefficient (Wildman–Crippen LogP) is 2.51. The van der Waals surface area contributed by atoms with Crippen LogP contribution in [0, 0.1) is 0 Å². The molecule has 16 heavy (non-hydrogen) atoms. The van der Waals surface area contributed by atoms with Crippen molar-refractivity contribution >= 4 is 0 Å². The van der Waals surface area contributed by atoms with E-state index < -0.39 is 0 Å². The molecule has 1 atom stereocenters. The molecule has 2 heteroatoms. The first kappa shape index (κ1) is 13.2. The predicted molar refractivity (Wildman–Crippen MR) is 70.5 cm³/mol. The van der Waals surface area contributed by atoms with Crippen molar-refractivity contribution in [1.29, 1.82) is 0 Å². The maximum atomic E-state index is 3.28. The van der Waals surface area contributed by atoms with Crippen LogP contribution in [0.25, 0.3) is 0 Å². The van der Waals surface area contributed by atoms with Crippen molar-refractivity contribution in [2.45, 2.75) is 32.9 Å². The summed E-state index contributed by atoms with van der Waals surface area (Å²) in [6.07, 6.45) is 1.21. The number of hydrogen-bond acceptors (Lipinski definition) is 2. The van der Waals surface area contributed by atoms with Crippen molar-refractivity contribution in [1.82, 2.24) is 10.2 Å². The summed E-state index contributed by atoms with van der Waals surface area (Å²) in [6, 6.07) is 11.3. The maximum Gasteiger partial charge on any atom is 0.0233 e. The molecule has 0 aromatic heterocycles. The van der Waals surface area contributed by atoms with Gasteiger partial charge in [-0.2, -0.15) is 0 Å². The fourth-order valence-corrected chi connectivity index (χ4v) is 1.71. The zero-order valence-electron chi connectivity index (χ0n) is 10.7. The number of nitrogens with one attached hydrogen (secondary N) is 1. The van der Waals surface area contributed by atoms with E-state index >= 15 is 0 Å². The van der Waals surface area contributed by atoms with Crippen molar-refractivity contribution in [3.8, 4) is 0 Å². The Morgan fingerprint density at radius 3 is 2.50 bits per heavy atom. The monoisotopic (exact) mass is 220 g/mol. The summed E-state index contributed by atoms with van der Waals surface area (Å²) in [5.74, 6) is 0. The van der Waals surface area contributed by atoms with Gasteiger partial charge in [-0.05, 0) is 39.0 Å². The molecule has 0 bridgehead atoms. The second-order valence-corrected chi connectivity index (χ2v) is 4.33. The summed E-state index contributed by atoms with van der Waals surface area (Å²) in [5.41, 5.74) is 1.40. The summed E-state index contributed by atoms with van der Waals surface area (Å²) in [4.78, 5) is 2.49. The lowest BCUT2D eigenvalue weighted by Crippen LogP contribution is -2.30. The third-order valence-electron chi connectivity index (χ3n) is 3.07. The van der Waals surface area contributed by atoms with Gasteiger partial charge in [-0.15, -0.1) is 0 Å². The van der Waals surface area contributed by atoms with E-state index in [2.05, 4.69) is 54.4 Å². The average molecular weight is 220 g/mol. The minimum atomic E-state index is 0.602. The van der Waals surface area contributed by atoms with Crippen molar-refractivity contribution in [3.05, 3.63) is 35.9 Å². The van der Waals surface area contributed by atoms with Crippen molar-refractivity contribution in [3.63, 3.8) is 0 Å². The smallest absolute Gasteiger partial charge is 0.0233 e. The van der Waals surface area contributed by atoms with Gasteiger partial charge in [-0.25, -0.2) is 0 Å². The zero-order chi connectivity index (χ0) is 11.8. The molecule has 1 aromatic rings. The van der Waals surface area contributed by atoms with Gasteiger partial charge < -0.3 is 5.32 Å². The third kappa shape index (κ3) is 4.77. The fraction of sp³-hybridized carbons (Fsp3) is 0.571. The van der Waals surface area contributed by atoms with E-state index in [0.29, 0.717) is 6.04 Å². The van der Waals surface area contributed by atoms with Gasteiger partial charge in [-0.3, -0.25) is 4.90 Å². The molecular weight excluding hydrogens is 196 g/mol. The molecular formula is C14H24N2. The van der Waals surface area contributed by atoms with Crippen molar-refractivity contribution in [2.75, 3.05) is 20.1 Å². The molecule has 0 fully saturated rings. The van der Waals surface area contributed by atoms with Gasteiger partial charge in [-0.1, -0.05) is 37.3 Å². The Morgan fingerprint density at radius 1 is 1.25 bits per heavy atom. The zero-order valence-corrected chi connectivity index (χ0v) is 10.7. The molecule has 1 N–H and O–H groups in total. The topological polar surface area (TPSA) is 15.3 Å². The van der Waals surface area contributed by atoms with E-state index in [1.807, 2.05) is 7.05 Å². The van der Waals surface area contributed by atoms with Crippen molar-refractivity contribution in [2.24, 2.45) is 0 Å². The second kappa shape index (κ2) is 7.42. The molecule has 0 aliphatic heterocycles. The van der Waals surface area contributed by atoms with Crippen LogP contribution in [-0.4, -0.2) is 31.1 Å². The van der Waals surface area contributed by atoms with Crippen LogP contribution in [0.5, 0.6) is 0 Å². The highest BCUT2D eigenvalue weighted by Crippen LogP contribution is 2.05. The first-order chi connectivity index (χ1) is 7.76. The van der Waals surface area contributed by atoms with E-state index in [9.17, 15) is 0 Å². The first-order valence-electron chi connectivity index (χ1n) is 6.19. The van der Waals surface area contributed by atoms with Gasteiger partial charge in [0.1, 0.15) is 0 Å². The molecule has 0 saturated heterocycles. The van der Waals surface area contributed by atoms with Crippen LogP contribution >= 0.6 is 0 Å². The number of rotatable bonds is 7. The first-order valence-corrected chi connectivity index (χ1v) is 6.19.